The number of hydrogen-bond donors (Lipinski definition) is 1. The van der Waals surface area contributed by atoms with Crippen LogP contribution in [0.4, 0.5) is 0 Å². The lowest BCUT2D eigenvalue weighted by atomic mass is 10.3. The first-order valence-electron chi connectivity index (χ1n) is 8.29. The molecule has 0 unspecified atom stereocenters. The molecule has 24 heavy (non-hydrogen) atoms. The van der Waals surface area contributed by atoms with Gasteiger partial charge in [-0.3, -0.25) is 4.79 Å². The standard InChI is InChI=1S/C17H25N3O3S/c1-3-20(4-2)9-6-8-18-17(21)13-22-12-14-11-15(23-19-14)16-7-5-10-24-16/h5,7,10-11H,3-4,6,8-9,12-13H2,1-2H3,(H,18,21). The Labute approximate surface area is 146 Å². The molecule has 0 saturated heterocycles. The molecule has 2 aromatic rings. The van der Waals surface area contributed by atoms with E-state index in [1.54, 1.807) is 11.3 Å². The molecule has 0 saturated carbocycles. The van der Waals surface area contributed by atoms with E-state index in [0.29, 0.717) is 12.2 Å². The highest BCUT2D eigenvalue weighted by molar-refractivity contribution is 7.13. The van der Waals surface area contributed by atoms with Gasteiger partial charge in [0.2, 0.25) is 5.91 Å². The molecule has 2 heterocycles. The number of nitrogens with one attached hydrogen (secondary N) is 1. The lowest BCUT2D eigenvalue weighted by molar-refractivity contribution is -0.126. The first kappa shape index (κ1) is 18.6. The highest BCUT2D eigenvalue weighted by Crippen LogP contribution is 2.25. The third-order valence-electron chi connectivity index (χ3n) is 3.67. The number of nitrogens with zero attached hydrogens (tertiary/aromatic N) is 2. The molecule has 0 bridgehead atoms. The van der Waals surface area contributed by atoms with E-state index < -0.39 is 0 Å². The maximum Gasteiger partial charge on any atom is 0.246 e. The Morgan fingerprint density at radius 3 is 2.96 bits per heavy atom. The van der Waals surface area contributed by atoms with Crippen molar-refractivity contribution in [1.29, 1.82) is 0 Å². The van der Waals surface area contributed by atoms with Gasteiger partial charge in [-0.1, -0.05) is 25.1 Å². The zero-order valence-corrected chi connectivity index (χ0v) is 15.1. The summed E-state index contributed by atoms with van der Waals surface area (Å²) < 4.78 is 10.7. The zero-order chi connectivity index (χ0) is 17.2. The number of ether oxygens (including phenoxy) is 1. The summed E-state index contributed by atoms with van der Waals surface area (Å²) in [7, 11) is 0. The van der Waals surface area contributed by atoms with Crippen LogP contribution in [0.15, 0.2) is 28.1 Å². The van der Waals surface area contributed by atoms with Gasteiger partial charge in [0.1, 0.15) is 12.3 Å². The van der Waals surface area contributed by atoms with E-state index in [1.807, 2.05) is 23.6 Å². The summed E-state index contributed by atoms with van der Waals surface area (Å²) in [5.41, 5.74) is 0.688. The van der Waals surface area contributed by atoms with Gasteiger partial charge in [0.05, 0.1) is 11.5 Å². The fourth-order valence-corrected chi connectivity index (χ4v) is 2.96. The van der Waals surface area contributed by atoms with Crippen LogP contribution >= 0.6 is 11.3 Å². The van der Waals surface area contributed by atoms with Crippen LogP contribution in [0.5, 0.6) is 0 Å². The summed E-state index contributed by atoms with van der Waals surface area (Å²) in [6.07, 6.45) is 0.945. The van der Waals surface area contributed by atoms with E-state index in [2.05, 4.69) is 29.2 Å². The summed E-state index contributed by atoms with van der Waals surface area (Å²) in [6.45, 7) is 8.34. The van der Waals surface area contributed by atoms with Crippen LogP contribution in [-0.2, 0) is 16.1 Å². The predicted molar refractivity (Wildman–Crippen MR) is 94.9 cm³/mol. The fourth-order valence-electron chi connectivity index (χ4n) is 2.28. The van der Waals surface area contributed by atoms with Crippen LogP contribution < -0.4 is 5.32 Å². The number of hydrogen-bond acceptors (Lipinski definition) is 6. The largest absolute Gasteiger partial charge is 0.365 e. The van der Waals surface area contributed by atoms with Crippen LogP contribution in [0.3, 0.4) is 0 Å². The first-order valence-corrected chi connectivity index (χ1v) is 9.17. The summed E-state index contributed by atoms with van der Waals surface area (Å²) in [5, 5.41) is 8.80. The fraction of sp³-hybridized carbons (Fsp3) is 0.529. The SMILES string of the molecule is CCN(CC)CCCNC(=O)COCc1cc(-c2cccs2)on1. The molecule has 132 valence electrons. The van der Waals surface area contributed by atoms with Gasteiger partial charge in [-0.25, -0.2) is 0 Å². The Kier molecular flexibility index (Phi) is 7.94. The van der Waals surface area contributed by atoms with Crippen LogP contribution in [0, 0.1) is 0 Å². The van der Waals surface area contributed by atoms with Crippen molar-refractivity contribution in [3.8, 4) is 10.6 Å². The smallest absolute Gasteiger partial charge is 0.246 e. The molecule has 1 amide bonds. The van der Waals surface area contributed by atoms with Gasteiger partial charge in [-0.05, 0) is 37.5 Å². The number of amides is 1. The number of aromatic nitrogens is 1. The maximum atomic E-state index is 11.7. The van der Waals surface area contributed by atoms with Crippen molar-refractivity contribution in [2.24, 2.45) is 0 Å². The minimum atomic E-state index is -0.100. The van der Waals surface area contributed by atoms with Crippen molar-refractivity contribution in [1.82, 2.24) is 15.4 Å². The Hall–Kier alpha value is -1.70. The second-order valence-electron chi connectivity index (χ2n) is 5.38. The minimum absolute atomic E-state index is 0.0342. The molecule has 6 nitrogen and oxygen atoms in total. The molecule has 0 radical (unpaired) electrons. The van der Waals surface area contributed by atoms with E-state index in [-0.39, 0.29) is 19.1 Å². The molecule has 0 aliphatic carbocycles. The molecule has 0 spiro atoms. The van der Waals surface area contributed by atoms with Crippen LogP contribution in [0.2, 0.25) is 0 Å². The summed E-state index contributed by atoms with van der Waals surface area (Å²) >= 11 is 1.59. The summed E-state index contributed by atoms with van der Waals surface area (Å²) in [5.74, 6) is 0.626. The topological polar surface area (TPSA) is 67.6 Å². The Balaban J connectivity index is 1.59. The molecular weight excluding hydrogens is 326 g/mol. The van der Waals surface area contributed by atoms with Crippen LogP contribution in [-0.4, -0.2) is 48.7 Å². The molecule has 0 aliphatic heterocycles. The zero-order valence-electron chi connectivity index (χ0n) is 14.3. The van der Waals surface area contributed by atoms with E-state index in [4.69, 9.17) is 9.26 Å². The molecule has 0 fully saturated rings. The lowest BCUT2D eigenvalue weighted by Gasteiger charge is -2.17. The van der Waals surface area contributed by atoms with Crippen molar-refractivity contribution in [3.05, 3.63) is 29.3 Å². The Morgan fingerprint density at radius 2 is 2.25 bits per heavy atom. The Bertz CT molecular complexity index is 594. The quantitative estimate of drug-likeness (QED) is 0.631. The third kappa shape index (κ3) is 6.07. The number of carbonyl (C=O) groups is 1. The van der Waals surface area contributed by atoms with Gasteiger partial charge in [0.15, 0.2) is 5.76 Å². The monoisotopic (exact) mass is 351 g/mol. The van der Waals surface area contributed by atoms with E-state index in [1.165, 1.54) is 0 Å². The molecule has 7 heteroatoms. The average molecular weight is 351 g/mol. The molecule has 0 aliphatic rings. The van der Waals surface area contributed by atoms with Gasteiger partial charge < -0.3 is 19.5 Å². The molecule has 2 rings (SSSR count). The van der Waals surface area contributed by atoms with E-state index >= 15 is 0 Å². The maximum absolute atomic E-state index is 11.7. The molecule has 2 aromatic heterocycles. The van der Waals surface area contributed by atoms with Gasteiger partial charge in [0, 0.05) is 12.6 Å². The summed E-state index contributed by atoms with van der Waals surface area (Å²) in [4.78, 5) is 15.1. The highest BCUT2D eigenvalue weighted by atomic mass is 32.1. The normalized spacial score (nSPS) is 11.1. The van der Waals surface area contributed by atoms with Crippen molar-refractivity contribution >= 4 is 17.2 Å². The second kappa shape index (κ2) is 10.2. The van der Waals surface area contributed by atoms with Crippen molar-refractivity contribution < 1.29 is 14.1 Å². The van der Waals surface area contributed by atoms with Gasteiger partial charge in [0.25, 0.3) is 0 Å². The molecule has 0 atom stereocenters. The minimum Gasteiger partial charge on any atom is -0.365 e. The Morgan fingerprint density at radius 1 is 1.42 bits per heavy atom. The average Bonchev–Trinajstić information content (AvgIpc) is 3.26. The van der Waals surface area contributed by atoms with Crippen LogP contribution in [0.1, 0.15) is 26.0 Å². The van der Waals surface area contributed by atoms with Gasteiger partial charge >= 0.3 is 0 Å². The predicted octanol–water partition coefficient (Wildman–Crippen LogP) is 2.77. The van der Waals surface area contributed by atoms with E-state index in [9.17, 15) is 4.79 Å². The number of rotatable bonds is 11. The van der Waals surface area contributed by atoms with Gasteiger partial charge in [-0.15, -0.1) is 11.3 Å². The van der Waals surface area contributed by atoms with Crippen LogP contribution in [0.25, 0.3) is 10.6 Å². The molecular formula is C17H25N3O3S. The molecule has 1 N–H and O–H groups in total. The number of thiophene rings is 1. The van der Waals surface area contributed by atoms with Crippen molar-refractivity contribution in [2.75, 3.05) is 32.8 Å². The summed E-state index contributed by atoms with van der Waals surface area (Å²) in [6, 6.07) is 5.78. The highest BCUT2D eigenvalue weighted by Gasteiger charge is 2.08. The first-order chi connectivity index (χ1) is 11.7. The lowest BCUT2D eigenvalue weighted by Crippen LogP contribution is -2.31. The third-order valence-corrected chi connectivity index (χ3v) is 4.56. The second-order valence-corrected chi connectivity index (χ2v) is 6.33. The van der Waals surface area contributed by atoms with Crippen molar-refractivity contribution in [2.45, 2.75) is 26.9 Å². The molecule has 0 aromatic carbocycles. The number of carbonyl (C=O) groups excluding carboxylic acids is 1. The van der Waals surface area contributed by atoms with Crippen molar-refractivity contribution in [3.63, 3.8) is 0 Å². The van der Waals surface area contributed by atoms with Gasteiger partial charge in [-0.2, -0.15) is 0 Å². The van der Waals surface area contributed by atoms with E-state index in [0.717, 1.165) is 36.7 Å².